The van der Waals surface area contributed by atoms with Gasteiger partial charge in [-0.2, -0.15) is 4.98 Å². The van der Waals surface area contributed by atoms with Crippen molar-refractivity contribution in [1.29, 1.82) is 0 Å². The topological polar surface area (TPSA) is 120 Å². The van der Waals surface area contributed by atoms with Crippen molar-refractivity contribution in [3.63, 3.8) is 0 Å². The molecule has 5 N–H and O–H groups in total. The Labute approximate surface area is 202 Å². The molecule has 2 aromatic heterocycles. The first-order valence-electron chi connectivity index (χ1n) is 11.2. The average molecular weight is 461 g/mol. The van der Waals surface area contributed by atoms with Crippen LogP contribution in [0.1, 0.15) is 27.2 Å². The van der Waals surface area contributed by atoms with Crippen LogP contribution in [0.15, 0.2) is 91.1 Å². The highest BCUT2D eigenvalue weighted by Gasteiger charge is 2.09. The lowest BCUT2D eigenvalue weighted by molar-refractivity contribution is 0.0993. The zero-order valence-electron chi connectivity index (χ0n) is 19.0. The van der Waals surface area contributed by atoms with E-state index < -0.39 is 0 Å². The molecule has 0 aliphatic rings. The summed E-state index contributed by atoms with van der Waals surface area (Å²) in [5.41, 5.74) is 17.7. The van der Waals surface area contributed by atoms with E-state index in [9.17, 15) is 4.79 Å². The second kappa shape index (κ2) is 9.61. The molecule has 35 heavy (non-hydrogen) atoms. The number of anilines is 4. The minimum absolute atomic E-state index is 0.0629. The predicted octanol–water partition coefficient (Wildman–Crippen LogP) is 4.95. The number of nitrogens with two attached hydrogens (primary N) is 2. The Balaban J connectivity index is 1.23. The number of aromatic nitrogens is 3. The van der Waals surface area contributed by atoms with Gasteiger partial charge in [0.05, 0.1) is 11.2 Å². The molecular formula is C28H24N6O. The fourth-order valence-electron chi connectivity index (χ4n) is 4.00. The number of Topliss-reactive ketones (excluding diaryl/α,β-unsaturated/α-hetero) is 1. The molecule has 2 heterocycles. The Hall–Kier alpha value is -4.78. The molecule has 0 unspecified atom stereocenters. The highest BCUT2D eigenvalue weighted by Crippen LogP contribution is 2.25. The standard InChI is InChI=1S/C28H24N6O/c29-27-17-22(33-28(30)34-27)15-18-5-9-20(10-6-18)26(35)16-19-7-11-21(12-8-19)32-25-13-14-31-24-4-2-1-3-23(24)25/h1-14,17H,15-16H2,(H,31,32)(H4,29,30,33,34). The summed E-state index contributed by atoms with van der Waals surface area (Å²) in [5, 5.41) is 4.50. The normalized spacial score (nSPS) is 10.9. The van der Waals surface area contributed by atoms with Gasteiger partial charge >= 0.3 is 0 Å². The number of nitrogens with zero attached hydrogens (tertiary/aromatic N) is 3. The van der Waals surface area contributed by atoms with Gasteiger partial charge in [0.25, 0.3) is 0 Å². The molecule has 0 amide bonds. The summed E-state index contributed by atoms with van der Waals surface area (Å²) in [6.45, 7) is 0. The fourth-order valence-corrected chi connectivity index (χ4v) is 4.00. The Morgan fingerprint density at radius 1 is 0.829 bits per heavy atom. The van der Waals surface area contributed by atoms with Crippen LogP contribution < -0.4 is 16.8 Å². The van der Waals surface area contributed by atoms with Gasteiger partial charge in [-0.25, -0.2) is 4.98 Å². The number of hydrogen-bond donors (Lipinski definition) is 3. The van der Waals surface area contributed by atoms with Gasteiger partial charge in [0.1, 0.15) is 5.82 Å². The maximum Gasteiger partial charge on any atom is 0.222 e. The minimum atomic E-state index is 0.0629. The maximum absolute atomic E-state index is 12.8. The number of fused-ring (bicyclic) bond motifs is 1. The van der Waals surface area contributed by atoms with Crippen LogP contribution in [0.25, 0.3) is 10.9 Å². The Bertz CT molecular complexity index is 1470. The van der Waals surface area contributed by atoms with Gasteiger partial charge in [0, 0.05) is 47.4 Å². The molecule has 0 spiro atoms. The predicted molar refractivity (Wildman–Crippen MR) is 140 cm³/mol. The maximum atomic E-state index is 12.8. The van der Waals surface area contributed by atoms with E-state index in [2.05, 4.69) is 20.3 Å². The van der Waals surface area contributed by atoms with E-state index in [4.69, 9.17) is 11.5 Å². The molecular weight excluding hydrogens is 436 g/mol. The van der Waals surface area contributed by atoms with Crippen molar-refractivity contribution in [3.05, 3.63) is 114 Å². The van der Waals surface area contributed by atoms with Crippen molar-refractivity contribution in [1.82, 2.24) is 15.0 Å². The van der Waals surface area contributed by atoms with E-state index in [0.29, 0.717) is 24.2 Å². The largest absolute Gasteiger partial charge is 0.384 e. The van der Waals surface area contributed by atoms with Gasteiger partial charge in [-0.3, -0.25) is 9.78 Å². The SMILES string of the molecule is Nc1cc(Cc2ccc(C(=O)Cc3ccc(Nc4ccnc5ccccc45)cc3)cc2)nc(N)n1. The number of para-hydroxylation sites is 1. The summed E-state index contributed by atoms with van der Waals surface area (Å²) in [7, 11) is 0. The number of nitrogens with one attached hydrogen (secondary N) is 1. The first-order valence-corrected chi connectivity index (χ1v) is 11.2. The highest BCUT2D eigenvalue weighted by molar-refractivity contribution is 5.97. The van der Waals surface area contributed by atoms with Crippen LogP contribution in [0.4, 0.5) is 23.1 Å². The lowest BCUT2D eigenvalue weighted by atomic mass is 10.0. The summed E-state index contributed by atoms with van der Waals surface area (Å²) in [6, 6.07) is 27.1. The second-order valence-electron chi connectivity index (χ2n) is 8.31. The van der Waals surface area contributed by atoms with Gasteiger partial charge in [-0.15, -0.1) is 0 Å². The third-order valence-electron chi connectivity index (χ3n) is 5.72. The zero-order valence-corrected chi connectivity index (χ0v) is 19.0. The van der Waals surface area contributed by atoms with E-state index in [1.807, 2.05) is 78.9 Å². The number of hydrogen-bond acceptors (Lipinski definition) is 7. The summed E-state index contributed by atoms with van der Waals surface area (Å²) < 4.78 is 0. The van der Waals surface area contributed by atoms with Crippen LogP contribution in [-0.4, -0.2) is 20.7 Å². The number of nitrogen functional groups attached to an aromatic ring is 2. The third kappa shape index (κ3) is 5.25. The molecule has 3 aromatic carbocycles. The van der Waals surface area contributed by atoms with Crippen LogP contribution in [0.2, 0.25) is 0 Å². The molecule has 0 aliphatic carbocycles. The van der Waals surface area contributed by atoms with Crippen LogP contribution in [0.5, 0.6) is 0 Å². The molecule has 172 valence electrons. The van der Waals surface area contributed by atoms with Crippen LogP contribution in [-0.2, 0) is 12.8 Å². The summed E-state index contributed by atoms with van der Waals surface area (Å²) in [4.78, 5) is 25.3. The van der Waals surface area contributed by atoms with Crippen molar-refractivity contribution in [2.24, 2.45) is 0 Å². The smallest absolute Gasteiger partial charge is 0.222 e. The third-order valence-corrected chi connectivity index (χ3v) is 5.72. The summed E-state index contributed by atoms with van der Waals surface area (Å²) in [6.07, 6.45) is 2.69. The molecule has 7 nitrogen and oxygen atoms in total. The first kappa shape index (κ1) is 22.0. The van der Waals surface area contributed by atoms with Gasteiger partial charge in [0.15, 0.2) is 5.78 Å². The molecule has 0 atom stereocenters. The molecule has 7 heteroatoms. The van der Waals surface area contributed by atoms with Crippen molar-refractivity contribution in [3.8, 4) is 0 Å². The van der Waals surface area contributed by atoms with Crippen molar-refractivity contribution in [2.75, 3.05) is 16.8 Å². The first-order chi connectivity index (χ1) is 17.0. The van der Waals surface area contributed by atoms with E-state index in [0.717, 1.165) is 39.1 Å². The number of carbonyl (C=O) groups is 1. The Kier molecular flexibility index (Phi) is 6.05. The van der Waals surface area contributed by atoms with Gasteiger partial charge in [-0.05, 0) is 35.4 Å². The Morgan fingerprint density at radius 2 is 1.57 bits per heavy atom. The molecule has 0 bridgehead atoms. The lowest BCUT2D eigenvalue weighted by Crippen LogP contribution is -2.05. The number of ketones is 1. The molecule has 5 rings (SSSR count). The molecule has 0 saturated heterocycles. The van der Waals surface area contributed by atoms with Crippen LogP contribution in [0.3, 0.4) is 0 Å². The van der Waals surface area contributed by atoms with Gasteiger partial charge < -0.3 is 16.8 Å². The molecule has 0 fully saturated rings. The fraction of sp³-hybridized carbons (Fsp3) is 0.0714. The van der Waals surface area contributed by atoms with E-state index >= 15 is 0 Å². The minimum Gasteiger partial charge on any atom is -0.384 e. The van der Waals surface area contributed by atoms with Crippen LogP contribution in [0, 0.1) is 0 Å². The van der Waals surface area contributed by atoms with Crippen molar-refractivity contribution < 1.29 is 4.79 Å². The summed E-state index contributed by atoms with van der Waals surface area (Å²) in [5.74, 6) is 0.560. The quantitative estimate of drug-likeness (QED) is 0.294. The van der Waals surface area contributed by atoms with Gasteiger partial charge in [-0.1, -0.05) is 54.6 Å². The molecule has 0 saturated carbocycles. The van der Waals surface area contributed by atoms with E-state index in [1.54, 1.807) is 12.3 Å². The summed E-state index contributed by atoms with van der Waals surface area (Å²) >= 11 is 0. The lowest BCUT2D eigenvalue weighted by Gasteiger charge is -2.10. The number of benzene rings is 3. The molecule has 0 radical (unpaired) electrons. The second-order valence-corrected chi connectivity index (χ2v) is 8.31. The number of rotatable bonds is 7. The van der Waals surface area contributed by atoms with E-state index in [1.165, 1.54) is 0 Å². The molecule has 0 aliphatic heterocycles. The van der Waals surface area contributed by atoms with E-state index in [-0.39, 0.29) is 11.7 Å². The Morgan fingerprint density at radius 3 is 2.34 bits per heavy atom. The van der Waals surface area contributed by atoms with Crippen molar-refractivity contribution in [2.45, 2.75) is 12.8 Å². The van der Waals surface area contributed by atoms with Gasteiger partial charge in [0.2, 0.25) is 5.95 Å². The number of carbonyl (C=O) groups excluding carboxylic acids is 1. The highest BCUT2D eigenvalue weighted by atomic mass is 16.1. The van der Waals surface area contributed by atoms with Crippen molar-refractivity contribution >= 4 is 39.8 Å². The zero-order chi connectivity index (χ0) is 24.2. The monoisotopic (exact) mass is 460 g/mol. The molecule has 5 aromatic rings. The van der Waals surface area contributed by atoms with Crippen LogP contribution >= 0.6 is 0 Å². The average Bonchev–Trinajstić information content (AvgIpc) is 2.85. The number of pyridine rings is 1.